The summed E-state index contributed by atoms with van der Waals surface area (Å²) < 4.78 is 7.17. The van der Waals surface area contributed by atoms with E-state index >= 15 is 0 Å². The number of amides is 4. The number of carbonyl (C=O) groups excluding carboxylic acids is 3. The van der Waals surface area contributed by atoms with Gasteiger partial charge < -0.3 is 15.4 Å². The summed E-state index contributed by atoms with van der Waals surface area (Å²) in [7, 11) is 19.8. The monoisotopic (exact) mass is 495 g/mol. The Balaban J connectivity index is 1.77. The molecule has 4 rings (SSSR count). The second-order valence-electron chi connectivity index (χ2n) is 8.21. The quantitative estimate of drug-likeness (QED) is 0.421. The molecule has 13 nitrogen and oxygen atoms in total. The molecule has 182 valence electrons. The van der Waals surface area contributed by atoms with Gasteiger partial charge in [0.2, 0.25) is 5.91 Å². The van der Waals surface area contributed by atoms with Gasteiger partial charge in [-0.1, -0.05) is 11.3 Å². The Morgan fingerprint density at radius 1 is 1.14 bits per heavy atom. The molecule has 3 heterocycles. The number of rotatable bonds is 7. The number of imide groups is 1. The highest BCUT2D eigenvalue weighted by atomic mass is 16.5. The van der Waals surface area contributed by atoms with Crippen LogP contribution in [0.3, 0.4) is 0 Å². The fraction of sp³-hybridized carbons (Fsp3) is 0.286. The van der Waals surface area contributed by atoms with Gasteiger partial charge in [0.25, 0.3) is 5.91 Å². The summed E-state index contributed by atoms with van der Waals surface area (Å²) in [5.74, 6) is -0.322. The van der Waals surface area contributed by atoms with Crippen molar-refractivity contribution >= 4 is 58.6 Å². The highest BCUT2D eigenvalue weighted by molar-refractivity contribution is 6.60. The van der Waals surface area contributed by atoms with Gasteiger partial charge in [0.15, 0.2) is 23.1 Å². The van der Waals surface area contributed by atoms with Crippen LogP contribution in [0.4, 0.5) is 22.0 Å². The summed E-state index contributed by atoms with van der Waals surface area (Å²) in [6.45, 7) is 1.67. The smallest absolute Gasteiger partial charge is 0.332 e. The van der Waals surface area contributed by atoms with Crippen LogP contribution in [0.5, 0.6) is 5.75 Å². The second-order valence-corrected chi connectivity index (χ2v) is 8.21. The Kier molecular flexibility index (Phi) is 6.92. The van der Waals surface area contributed by atoms with E-state index in [9.17, 15) is 14.4 Å². The van der Waals surface area contributed by atoms with E-state index in [0.29, 0.717) is 22.8 Å². The molecule has 1 saturated heterocycles. The third-order valence-electron chi connectivity index (χ3n) is 5.32. The van der Waals surface area contributed by atoms with Gasteiger partial charge in [-0.15, -0.1) is 10.2 Å². The molecule has 16 heteroatoms. The molecular weight excluding hydrogens is 475 g/mol. The van der Waals surface area contributed by atoms with Crippen LogP contribution in [-0.2, 0) is 11.8 Å². The third kappa shape index (κ3) is 5.42. The van der Waals surface area contributed by atoms with E-state index in [4.69, 9.17) is 28.3 Å². The van der Waals surface area contributed by atoms with Gasteiger partial charge in [-0.3, -0.25) is 24.1 Å². The van der Waals surface area contributed by atoms with Crippen LogP contribution in [0.2, 0.25) is 0 Å². The molecule has 0 unspecified atom stereocenters. The summed E-state index contributed by atoms with van der Waals surface area (Å²) in [6, 6.07) is 6.08. The van der Waals surface area contributed by atoms with E-state index in [0.717, 1.165) is 4.90 Å². The lowest BCUT2D eigenvalue weighted by Crippen LogP contribution is -2.50. The number of aromatic nitrogens is 5. The maximum Gasteiger partial charge on any atom is 0.332 e. The predicted molar refractivity (Wildman–Crippen MR) is 136 cm³/mol. The first-order valence-electron chi connectivity index (χ1n) is 10.9. The number of nitrogens with one attached hydrogen (secondary N) is 2. The number of ether oxygens (including phenoxy) is 1. The van der Waals surface area contributed by atoms with Gasteiger partial charge in [0, 0.05) is 33.1 Å². The summed E-state index contributed by atoms with van der Waals surface area (Å²) in [6.07, 6.45) is 1.55. The largest absolute Gasteiger partial charge is 0.494 e. The summed E-state index contributed by atoms with van der Waals surface area (Å²) in [5, 5.41) is 15.6. The first kappa shape index (κ1) is 25.7. The zero-order valence-corrected chi connectivity index (χ0v) is 20.3. The standard InChI is InChI=1S/C21H20B3N9O4/c1-11(34)32-7-8-33(20(32)36)15-9-14(16(29-28-15)19(35)27-21(22,23)24)26-13-6-4-5-12(17(13)37-3)18-25-10-31(2)30-18/h4-6,9-10H,7-8H2,1-3H3,(H,26,28)(H,27,35). The molecule has 0 bridgehead atoms. The molecule has 1 aromatic carbocycles. The van der Waals surface area contributed by atoms with Crippen LogP contribution in [0.1, 0.15) is 17.4 Å². The summed E-state index contributed by atoms with van der Waals surface area (Å²) in [4.78, 5) is 43.9. The normalized spacial score (nSPS) is 13.5. The average Bonchev–Trinajstić information content (AvgIpc) is 3.43. The van der Waals surface area contributed by atoms with Crippen molar-refractivity contribution in [2.24, 2.45) is 7.05 Å². The molecule has 0 spiro atoms. The third-order valence-corrected chi connectivity index (χ3v) is 5.32. The van der Waals surface area contributed by atoms with E-state index in [2.05, 4.69) is 30.9 Å². The van der Waals surface area contributed by atoms with Crippen molar-refractivity contribution in [3.63, 3.8) is 0 Å². The lowest BCUT2D eigenvalue weighted by molar-refractivity contribution is -0.125. The molecule has 1 aliphatic rings. The molecule has 2 N–H and O–H groups in total. The minimum atomic E-state index is -2.02. The number of aryl methyl sites for hydroxylation is 1. The number of nitrogens with zero attached hydrogens (tertiary/aromatic N) is 7. The lowest BCUT2D eigenvalue weighted by Gasteiger charge is -2.23. The Morgan fingerprint density at radius 2 is 1.89 bits per heavy atom. The van der Waals surface area contributed by atoms with Gasteiger partial charge in [0.05, 0.1) is 47.6 Å². The van der Waals surface area contributed by atoms with Crippen molar-refractivity contribution < 1.29 is 19.1 Å². The van der Waals surface area contributed by atoms with E-state index in [-0.39, 0.29) is 30.3 Å². The SMILES string of the molecule is [B]C([B])([B])NC(=O)c1nnc(N2CCN(C(C)=O)C2=O)cc1Nc1cccc(-c2ncn(C)n2)c1OC. The Labute approximate surface area is 216 Å². The number of carbonyl (C=O) groups is 3. The number of hydrogen-bond donors (Lipinski definition) is 2. The van der Waals surface area contributed by atoms with E-state index in [1.165, 1.54) is 25.0 Å². The number of urea groups is 1. The van der Waals surface area contributed by atoms with Crippen LogP contribution in [-0.4, -0.2) is 96.7 Å². The van der Waals surface area contributed by atoms with Gasteiger partial charge in [-0.05, 0) is 12.1 Å². The fourth-order valence-electron chi connectivity index (χ4n) is 3.71. The highest BCUT2D eigenvalue weighted by Crippen LogP contribution is 2.37. The zero-order chi connectivity index (χ0) is 26.9. The van der Waals surface area contributed by atoms with Crippen molar-refractivity contribution in [1.82, 2.24) is 35.2 Å². The Morgan fingerprint density at radius 3 is 2.49 bits per heavy atom. The molecule has 1 aliphatic heterocycles. The van der Waals surface area contributed by atoms with Gasteiger partial charge in [0.1, 0.15) is 6.33 Å². The molecule has 0 saturated carbocycles. The van der Waals surface area contributed by atoms with Crippen molar-refractivity contribution in [2.45, 2.75) is 12.2 Å². The van der Waals surface area contributed by atoms with Crippen LogP contribution in [0.15, 0.2) is 30.6 Å². The molecule has 1 fully saturated rings. The Bertz CT molecular complexity index is 1380. The molecule has 4 amide bonds. The van der Waals surface area contributed by atoms with E-state index < -0.39 is 23.1 Å². The minimum absolute atomic E-state index is 0.105. The van der Waals surface area contributed by atoms with Gasteiger partial charge in [-0.25, -0.2) is 9.78 Å². The van der Waals surface area contributed by atoms with E-state index in [1.807, 2.05) is 0 Å². The lowest BCUT2D eigenvalue weighted by atomic mass is 9.49. The molecule has 0 aliphatic carbocycles. The summed E-state index contributed by atoms with van der Waals surface area (Å²) in [5.41, 5.74) is 0.925. The molecule has 3 aromatic rings. The first-order chi connectivity index (χ1) is 17.5. The average molecular weight is 495 g/mol. The molecular formula is C21H20B3N9O4. The second kappa shape index (κ2) is 9.95. The maximum atomic E-state index is 12.9. The number of methoxy groups -OCH3 is 1. The van der Waals surface area contributed by atoms with Crippen LogP contribution >= 0.6 is 0 Å². The van der Waals surface area contributed by atoms with Gasteiger partial charge in [-0.2, -0.15) is 5.10 Å². The minimum Gasteiger partial charge on any atom is -0.494 e. The number of anilines is 3. The maximum absolute atomic E-state index is 12.9. The van der Waals surface area contributed by atoms with E-state index in [1.54, 1.807) is 36.3 Å². The Hall–Kier alpha value is -4.36. The highest BCUT2D eigenvalue weighted by Gasteiger charge is 2.34. The van der Waals surface area contributed by atoms with Gasteiger partial charge >= 0.3 is 6.03 Å². The van der Waals surface area contributed by atoms with Crippen LogP contribution < -0.4 is 20.3 Å². The number of benzene rings is 1. The van der Waals surface area contributed by atoms with Crippen LogP contribution in [0, 0.1) is 0 Å². The van der Waals surface area contributed by atoms with Crippen molar-refractivity contribution in [3.8, 4) is 17.1 Å². The van der Waals surface area contributed by atoms with Crippen molar-refractivity contribution in [3.05, 3.63) is 36.3 Å². The summed E-state index contributed by atoms with van der Waals surface area (Å²) >= 11 is 0. The number of hydrogen-bond acceptors (Lipinski definition) is 9. The molecule has 2 aromatic heterocycles. The topological polar surface area (TPSA) is 147 Å². The molecule has 6 radical (unpaired) electrons. The molecule has 0 atom stereocenters. The predicted octanol–water partition coefficient (Wildman–Crippen LogP) is -0.341. The fourth-order valence-corrected chi connectivity index (χ4v) is 3.71. The van der Waals surface area contributed by atoms with Crippen LogP contribution in [0.25, 0.3) is 11.4 Å². The first-order valence-corrected chi connectivity index (χ1v) is 10.9. The molecule has 37 heavy (non-hydrogen) atoms. The number of para-hydroxylation sites is 1. The van der Waals surface area contributed by atoms with Crippen molar-refractivity contribution in [1.29, 1.82) is 0 Å². The zero-order valence-electron chi connectivity index (χ0n) is 20.3. The van der Waals surface area contributed by atoms with Crippen molar-refractivity contribution in [2.75, 3.05) is 30.4 Å².